The first-order chi connectivity index (χ1) is 15.6. The van der Waals surface area contributed by atoms with Gasteiger partial charge in [-0.3, -0.25) is 10.1 Å². The predicted molar refractivity (Wildman–Crippen MR) is 118 cm³/mol. The first-order valence-corrected chi connectivity index (χ1v) is 10.0. The van der Waals surface area contributed by atoms with Crippen LogP contribution in [0.5, 0.6) is 0 Å². The monoisotopic (exact) mass is 431 g/mol. The molecule has 0 atom stereocenters. The molecule has 4 aromatic rings. The standard InChI is InChI=1S/C25H21NO6/c27-23(28)16-20-10-11-22(32-20)19-8-6-18(7-9-19)21-13-15-30-24(21)26-25(29)31-14-12-17-4-2-1-3-5-17/h1-11,13,15H,12,14,16H2,(H,26,29)(H,27,28). The Morgan fingerprint density at radius 2 is 1.66 bits per heavy atom. The number of anilines is 1. The maximum atomic E-state index is 12.2. The Bertz CT molecular complexity index is 1190. The Morgan fingerprint density at radius 1 is 0.906 bits per heavy atom. The first kappa shape index (κ1) is 21.0. The van der Waals surface area contributed by atoms with E-state index in [1.54, 1.807) is 18.2 Å². The molecule has 2 aromatic carbocycles. The largest absolute Gasteiger partial charge is 0.481 e. The van der Waals surface area contributed by atoms with Crippen LogP contribution in [0.2, 0.25) is 0 Å². The minimum absolute atomic E-state index is 0.163. The Hall–Kier alpha value is -4.26. The van der Waals surface area contributed by atoms with E-state index >= 15 is 0 Å². The summed E-state index contributed by atoms with van der Waals surface area (Å²) in [5.41, 5.74) is 3.44. The number of hydrogen-bond acceptors (Lipinski definition) is 5. The van der Waals surface area contributed by atoms with Gasteiger partial charge in [0.25, 0.3) is 0 Å². The molecule has 0 aliphatic carbocycles. The zero-order valence-corrected chi connectivity index (χ0v) is 17.1. The SMILES string of the molecule is O=C(O)Cc1ccc(-c2ccc(-c3ccoc3NC(=O)OCCc3ccccc3)cc2)o1. The second-order valence-corrected chi connectivity index (χ2v) is 7.07. The molecule has 2 heterocycles. The molecule has 1 amide bonds. The van der Waals surface area contributed by atoms with Crippen LogP contribution in [0.1, 0.15) is 11.3 Å². The Labute approximate surface area is 184 Å². The van der Waals surface area contributed by atoms with Gasteiger partial charge in [-0.05, 0) is 29.3 Å². The lowest BCUT2D eigenvalue weighted by atomic mass is 10.1. The van der Waals surface area contributed by atoms with E-state index in [2.05, 4.69) is 5.32 Å². The number of carboxylic acid groups (broad SMARTS) is 1. The van der Waals surface area contributed by atoms with Gasteiger partial charge < -0.3 is 18.7 Å². The van der Waals surface area contributed by atoms with Crippen molar-refractivity contribution in [3.63, 3.8) is 0 Å². The van der Waals surface area contributed by atoms with Crippen molar-refractivity contribution in [3.8, 4) is 22.5 Å². The van der Waals surface area contributed by atoms with Crippen LogP contribution in [0.3, 0.4) is 0 Å². The molecule has 0 radical (unpaired) electrons. The van der Waals surface area contributed by atoms with Crippen molar-refractivity contribution in [3.05, 3.63) is 90.4 Å². The second kappa shape index (κ2) is 9.70. The maximum Gasteiger partial charge on any atom is 0.414 e. The van der Waals surface area contributed by atoms with Gasteiger partial charge in [0, 0.05) is 17.5 Å². The van der Waals surface area contributed by atoms with Crippen LogP contribution in [0.25, 0.3) is 22.5 Å². The quantitative estimate of drug-likeness (QED) is 0.375. The molecule has 0 spiro atoms. The summed E-state index contributed by atoms with van der Waals surface area (Å²) in [5.74, 6) is 0.327. The molecule has 0 aliphatic heterocycles. The van der Waals surface area contributed by atoms with Gasteiger partial charge in [0.2, 0.25) is 5.88 Å². The van der Waals surface area contributed by atoms with E-state index in [0.717, 1.165) is 16.7 Å². The molecule has 0 saturated carbocycles. The molecule has 162 valence electrons. The maximum absolute atomic E-state index is 12.2. The fourth-order valence-electron chi connectivity index (χ4n) is 3.26. The molecule has 0 bridgehead atoms. The van der Waals surface area contributed by atoms with E-state index in [1.807, 2.05) is 54.6 Å². The molecule has 2 N–H and O–H groups in total. The van der Waals surface area contributed by atoms with Crippen molar-refractivity contribution in [1.82, 2.24) is 0 Å². The molecule has 4 rings (SSSR count). The minimum Gasteiger partial charge on any atom is -0.481 e. The normalized spacial score (nSPS) is 10.6. The number of nitrogens with one attached hydrogen (secondary N) is 1. The van der Waals surface area contributed by atoms with E-state index < -0.39 is 12.1 Å². The summed E-state index contributed by atoms with van der Waals surface area (Å²) in [7, 11) is 0. The third kappa shape index (κ3) is 5.26. The van der Waals surface area contributed by atoms with Gasteiger partial charge in [-0.2, -0.15) is 0 Å². The zero-order valence-electron chi connectivity index (χ0n) is 17.1. The van der Waals surface area contributed by atoms with Crippen LogP contribution in [0.4, 0.5) is 10.7 Å². The number of hydrogen-bond donors (Lipinski definition) is 2. The van der Waals surface area contributed by atoms with Crippen LogP contribution >= 0.6 is 0 Å². The van der Waals surface area contributed by atoms with Gasteiger partial charge in [0.1, 0.15) is 17.9 Å². The van der Waals surface area contributed by atoms with E-state index in [-0.39, 0.29) is 13.0 Å². The number of rotatable bonds is 8. The Kier molecular flexibility index (Phi) is 6.36. The highest BCUT2D eigenvalue weighted by Gasteiger charge is 2.14. The molecule has 0 unspecified atom stereocenters. The smallest absolute Gasteiger partial charge is 0.414 e. The van der Waals surface area contributed by atoms with Gasteiger partial charge in [-0.15, -0.1) is 0 Å². The van der Waals surface area contributed by atoms with Crippen LogP contribution in [0.15, 0.2) is 87.9 Å². The van der Waals surface area contributed by atoms with Gasteiger partial charge in [0.15, 0.2) is 0 Å². The summed E-state index contributed by atoms with van der Waals surface area (Å²) in [5, 5.41) is 11.5. The van der Waals surface area contributed by atoms with E-state index in [0.29, 0.717) is 29.4 Å². The number of carboxylic acids is 1. The van der Waals surface area contributed by atoms with Crippen molar-refractivity contribution in [2.45, 2.75) is 12.8 Å². The Balaban J connectivity index is 1.38. The van der Waals surface area contributed by atoms with E-state index in [9.17, 15) is 9.59 Å². The summed E-state index contributed by atoms with van der Waals surface area (Å²) < 4.78 is 16.3. The van der Waals surface area contributed by atoms with Gasteiger partial charge in [0.05, 0.1) is 12.9 Å². The highest BCUT2D eigenvalue weighted by molar-refractivity contribution is 5.89. The summed E-state index contributed by atoms with van der Waals surface area (Å²) in [6, 6.07) is 22.4. The number of ether oxygens (including phenoxy) is 1. The van der Waals surface area contributed by atoms with Gasteiger partial charge in [-0.1, -0.05) is 54.6 Å². The fourth-order valence-corrected chi connectivity index (χ4v) is 3.26. The molecule has 2 aromatic heterocycles. The molecule has 7 nitrogen and oxygen atoms in total. The molecule has 0 saturated heterocycles. The molecule has 0 aliphatic rings. The van der Waals surface area contributed by atoms with Crippen molar-refractivity contribution in [2.75, 3.05) is 11.9 Å². The van der Waals surface area contributed by atoms with E-state index in [4.69, 9.17) is 18.7 Å². The zero-order chi connectivity index (χ0) is 22.3. The highest BCUT2D eigenvalue weighted by Crippen LogP contribution is 2.31. The number of amides is 1. The van der Waals surface area contributed by atoms with Crippen LogP contribution in [-0.2, 0) is 22.4 Å². The molecule has 7 heteroatoms. The van der Waals surface area contributed by atoms with Crippen molar-refractivity contribution in [1.29, 1.82) is 0 Å². The highest BCUT2D eigenvalue weighted by atomic mass is 16.5. The van der Waals surface area contributed by atoms with Gasteiger partial charge in [-0.25, -0.2) is 4.79 Å². The molecule has 32 heavy (non-hydrogen) atoms. The number of carbonyl (C=O) groups excluding carboxylic acids is 1. The summed E-state index contributed by atoms with van der Waals surface area (Å²) in [6.07, 6.45) is 1.37. The number of aliphatic carboxylic acids is 1. The average Bonchev–Trinajstić information content (AvgIpc) is 3.44. The second-order valence-electron chi connectivity index (χ2n) is 7.07. The first-order valence-electron chi connectivity index (χ1n) is 10.0. The fraction of sp³-hybridized carbons (Fsp3) is 0.120. The average molecular weight is 431 g/mol. The lowest BCUT2D eigenvalue weighted by Crippen LogP contribution is -2.15. The van der Waals surface area contributed by atoms with Gasteiger partial charge >= 0.3 is 12.1 Å². The third-order valence-corrected chi connectivity index (χ3v) is 4.82. The van der Waals surface area contributed by atoms with Crippen LogP contribution < -0.4 is 5.32 Å². The molecule has 0 fully saturated rings. The molecular formula is C25H21NO6. The Morgan fingerprint density at radius 3 is 2.41 bits per heavy atom. The third-order valence-electron chi connectivity index (χ3n) is 4.82. The number of benzene rings is 2. The number of furan rings is 2. The minimum atomic E-state index is -0.945. The number of carbonyl (C=O) groups is 2. The lowest BCUT2D eigenvalue weighted by molar-refractivity contribution is -0.136. The predicted octanol–water partition coefficient (Wildman–Crippen LogP) is 5.62. The topological polar surface area (TPSA) is 102 Å². The van der Waals surface area contributed by atoms with E-state index in [1.165, 1.54) is 6.26 Å². The van der Waals surface area contributed by atoms with Crippen LogP contribution in [-0.4, -0.2) is 23.8 Å². The lowest BCUT2D eigenvalue weighted by Gasteiger charge is -2.07. The summed E-state index contributed by atoms with van der Waals surface area (Å²) in [6.45, 7) is 0.258. The van der Waals surface area contributed by atoms with Crippen molar-refractivity contribution < 1.29 is 28.3 Å². The van der Waals surface area contributed by atoms with Crippen LogP contribution in [0, 0.1) is 0 Å². The molecular weight excluding hydrogens is 410 g/mol. The van der Waals surface area contributed by atoms with Crippen molar-refractivity contribution >= 4 is 17.9 Å². The summed E-state index contributed by atoms with van der Waals surface area (Å²) >= 11 is 0. The van der Waals surface area contributed by atoms with Crippen molar-refractivity contribution in [2.24, 2.45) is 0 Å². The summed E-state index contributed by atoms with van der Waals surface area (Å²) in [4.78, 5) is 23.0.